The Kier molecular flexibility index (Phi) is 6.79. The number of hydrogen-bond acceptors (Lipinski definition) is 7. The summed E-state index contributed by atoms with van der Waals surface area (Å²) < 4.78 is 1.32. The van der Waals surface area contributed by atoms with Crippen LogP contribution in [0.15, 0.2) is 17.2 Å². The van der Waals surface area contributed by atoms with Gasteiger partial charge in [0.15, 0.2) is 0 Å². The smallest absolute Gasteiger partial charge is 0.256 e. The number of amides is 1. The minimum absolute atomic E-state index is 0.0430. The Morgan fingerprint density at radius 2 is 1.86 bits per heavy atom. The summed E-state index contributed by atoms with van der Waals surface area (Å²) in [7, 11) is 0. The number of hydrogen-bond donors (Lipinski definition) is 2. The Bertz CT molecular complexity index is 920. The van der Waals surface area contributed by atoms with Crippen LogP contribution in [0.4, 0.5) is 11.6 Å². The highest BCUT2D eigenvalue weighted by Gasteiger charge is 2.14. The van der Waals surface area contributed by atoms with Crippen LogP contribution < -0.4 is 21.1 Å². The van der Waals surface area contributed by atoms with Gasteiger partial charge in [-0.1, -0.05) is 0 Å². The number of piperidine rings is 1. The summed E-state index contributed by atoms with van der Waals surface area (Å²) in [4.78, 5) is 39.7. The minimum atomic E-state index is -0.230. The van der Waals surface area contributed by atoms with E-state index in [1.807, 2.05) is 13.0 Å². The molecule has 29 heavy (non-hydrogen) atoms. The van der Waals surface area contributed by atoms with E-state index < -0.39 is 0 Å². The van der Waals surface area contributed by atoms with Crippen molar-refractivity contribution in [2.45, 2.75) is 46.6 Å². The number of nitrogens with zero attached hydrogens (tertiary/aromatic N) is 5. The van der Waals surface area contributed by atoms with Gasteiger partial charge in [0, 0.05) is 43.5 Å². The van der Waals surface area contributed by atoms with Crippen molar-refractivity contribution >= 4 is 17.5 Å². The third kappa shape index (κ3) is 5.52. The molecule has 0 unspecified atom stereocenters. The fourth-order valence-electron chi connectivity index (χ4n) is 3.32. The second-order valence-electron chi connectivity index (χ2n) is 7.37. The van der Waals surface area contributed by atoms with Crippen molar-refractivity contribution in [3.05, 3.63) is 39.8 Å². The molecule has 9 nitrogen and oxygen atoms in total. The molecule has 2 N–H and O–H groups in total. The quantitative estimate of drug-likeness (QED) is 0.674. The Morgan fingerprint density at radius 1 is 1.10 bits per heavy atom. The van der Waals surface area contributed by atoms with Crippen LogP contribution in [0, 0.1) is 20.8 Å². The zero-order chi connectivity index (χ0) is 20.8. The zero-order valence-corrected chi connectivity index (χ0v) is 17.4. The third-order valence-corrected chi connectivity index (χ3v) is 5.09. The average Bonchev–Trinajstić information content (AvgIpc) is 2.72. The molecule has 2 aromatic rings. The maximum Gasteiger partial charge on any atom is 0.256 e. The lowest BCUT2D eigenvalue weighted by Crippen LogP contribution is -2.35. The van der Waals surface area contributed by atoms with E-state index in [1.54, 1.807) is 13.8 Å². The first-order valence-corrected chi connectivity index (χ1v) is 10.1. The topological polar surface area (TPSA) is 105 Å². The Hall–Kier alpha value is -2.97. The molecule has 1 amide bonds. The number of rotatable bonds is 7. The van der Waals surface area contributed by atoms with Crippen molar-refractivity contribution in [3.8, 4) is 0 Å². The molecule has 0 spiro atoms. The van der Waals surface area contributed by atoms with Gasteiger partial charge in [-0.15, -0.1) is 0 Å². The van der Waals surface area contributed by atoms with Crippen LogP contribution in [0.5, 0.6) is 0 Å². The number of carbonyl (C=O) groups is 1. The standard InChI is InChI=1S/C20H29N7O2/c1-14-15(2)23-13-27(20(14)29)12-19(28)22-8-7-21-17-11-18(25-16(3)24-17)26-9-5-4-6-10-26/h11,13H,4-10,12H2,1-3H3,(H,22,28)(H,21,24,25). The van der Waals surface area contributed by atoms with Crippen molar-refractivity contribution < 1.29 is 4.79 Å². The van der Waals surface area contributed by atoms with Crippen LogP contribution in [-0.4, -0.2) is 51.6 Å². The number of aryl methyl sites for hydroxylation is 2. The van der Waals surface area contributed by atoms with Gasteiger partial charge >= 0.3 is 0 Å². The summed E-state index contributed by atoms with van der Waals surface area (Å²) in [6.07, 6.45) is 5.07. The van der Waals surface area contributed by atoms with Gasteiger partial charge in [-0.3, -0.25) is 14.2 Å². The van der Waals surface area contributed by atoms with Gasteiger partial charge in [-0.25, -0.2) is 15.0 Å². The molecule has 2 aromatic heterocycles. The predicted octanol–water partition coefficient (Wildman–Crippen LogP) is 1.18. The van der Waals surface area contributed by atoms with Crippen LogP contribution in [0.3, 0.4) is 0 Å². The molecule has 156 valence electrons. The molecule has 3 rings (SSSR count). The first-order valence-electron chi connectivity index (χ1n) is 10.1. The lowest BCUT2D eigenvalue weighted by Gasteiger charge is -2.28. The van der Waals surface area contributed by atoms with Crippen LogP contribution in [-0.2, 0) is 11.3 Å². The first kappa shape index (κ1) is 20.8. The van der Waals surface area contributed by atoms with Gasteiger partial charge in [-0.2, -0.15) is 0 Å². The molecule has 0 saturated carbocycles. The van der Waals surface area contributed by atoms with Crippen molar-refractivity contribution in [1.82, 2.24) is 24.8 Å². The Balaban J connectivity index is 1.49. The lowest BCUT2D eigenvalue weighted by molar-refractivity contribution is -0.121. The van der Waals surface area contributed by atoms with Gasteiger partial charge in [0.1, 0.15) is 24.0 Å². The summed E-state index contributed by atoms with van der Waals surface area (Å²) in [5.74, 6) is 2.19. The summed E-state index contributed by atoms with van der Waals surface area (Å²) in [6, 6.07) is 1.96. The molecule has 1 fully saturated rings. The number of carbonyl (C=O) groups excluding carboxylic acids is 1. The summed E-state index contributed by atoms with van der Waals surface area (Å²) >= 11 is 0. The largest absolute Gasteiger partial charge is 0.368 e. The SMILES string of the molecule is Cc1nc(NCCNC(=O)Cn2cnc(C)c(C)c2=O)cc(N2CCCCC2)n1. The summed E-state index contributed by atoms with van der Waals surface area (Å²) in [5, 5.41) is 6.05. The van der Waals surface area contributed by atoms with Crippen LogP contribution >= 0.6 is 0 Å². The van der Waals surface area contributed by atoms with Crippen molar-refractivity contribution in [2.24, 2.45) is 0 Å². The lowest BCUT2D eigenvalue weighted by atomic mass is 10.1. The predicted molar refractivity (Wildman–Crippen MR) is 112 cm³/mol. The second kappa shape index (κ2) is 9.49. The van der Waals surface area contributed by atoms with Gasteiger partial charge in [0.25, 0.3) is 5.56 Å². The fourth-order valence-corrected chi connectivity index (χ4v) is 3.32. The second-order valence-corrected chi connectivity index (χ2v) is 7.37. The normalized spacial score (nSPS) is 14.0. The molecule has 0 atom stereocenters. The van der Waals surface area contributed by atoms with E-state index in [2.05, 4.69) is 30.5 Å². The number of nitrogens with one attached hydrogen (secondary N) is 2. The van der Waals surface area contributed by atoms with Crippen LogP contribution in [0.25, 0.3) is 0 Å². The van der Waals surface area contributed by atoms with E-state index in [4.69, 9.17) is 0 Å². The molecule has 0 aromatic carbocycles. The van der Waals surface area contributed by atoms with Crippen molar-refractivity contribution in [1.29, 1.82) is 0 Å². The van der Waals surface area contributed by atoms with Gasteiger partial charge < -0.3 is 15.5 Å². The monoisotopic (exact) mass is 399 g/mol. The zero-order valence-electron chi connectivity index (χ0n) is 17.4. The van der Waals surface area contributed by atoms with Crippen LogP contribution in [0.2, 0.25) is 0 Å². The van der Waals surface area contributed by atoms with Gasteiger partial charge in [-0.05, 0) is 40.0 Å². The highest BCUT2D eigenvalue weighted by molar-refractivity contribution is 5.75. The molecule has 1 aliphatic heterocycles. The van der Waals surface area contributed by atoms with Crippen LogP contribution in [0.1, 0.15) is 36.3 Å². The Labute approximate surface area is 170 Å². The van der Waals surface area contributed by atoms with E-state index in [1.165, 1.54) is 30.2 Å². The molecular formula is C20H29N7O2. The fraction of sp³-hybridized carbons (Fsp3) is 0.550. The maximum atomic E-state index is 12.1. The van der Waals surface area contributed by atoms with E-state index in [0.717, 1.165) is 30.5 Å². The van der Waals surface area contributed by atoms with Gasteiger partial charge in [0.2, 0.25) is 5.91 Å². The van der Waals surface area contributed by atoms with E-state index in [9.17, 15) is 9.59 Å². The molecule has 9 heteroatoms. The van der Waals surface area contributed by atoms with Gasteiger partial charge in [0.05, 0.1) is 6.33 Å². The highest BCUT2D eigenvalue weighted by atomic mass is 16.2. The number of aromatic nitrogens is 4. The molecule has 0 bridgehead atoms. The molecule has 0 aliphatic carbocycles. The van der Waals surface area contributed by atoms with Crippen molar-refractivity contribution in [3.63, 3.8) is 0 Å². The minimum Gasteiger partial charge on any atom is -0.368 e. The molecule has 3 heterocycles. The summed E-state index contributed by atoms with van der Waals surface area (Å²) in [5.41, 5.74) is 1.05. The van der Waals surface area contributed by atoms with Crippen molar-refractivity contribution in [2.75, 3.05) is 36.4 Å². The number of anilines is 2. The Morgan fingerprint density at radius 3 is 2.62 bits per heavy atom. The van der Waals surface area contributed by atoms with E-state index in [-0.39, 0.29) is 18.0 Å². The average molecular weight is 399 g/mol. The van der Waals surface area contributed by atoms with E-state index in [0.29, 0.717) is 24.3 Å². The van der Waals surface area contributed by atoms with E-state index >= 15 is 0 Å². The molecule has 1 aliphatic rings. The first-order chi connectivity index (χ1) is 13.9. The molecule has 0 radical (unpaired) electrons. The molecule has 1 saturated heterocycles. The highest BCUT2D eigenvalue weighted by Crippen LogP contribution is 2.20. The maximum absolute atomic E-state index is 12.1. The molecular weight excluding hydrogens is 370 g/mol. The summed E-state index contributed by atoms with van der Waals surface area (Å²) in [6.45, 7) is 8.34. The third-order valence-electron chi connectivity index (χ3n) is 5.09.